The van der Waals surface area contributed by atoms with E-state index in [9.17, 15) is 4.39 Å². The molecular formula is C18H21BFNO3. The van der Waals surface area contributed by atoms with Crippen LogP contribution in [0.25, 0.3) is 0 Å². The van der Waals surface area contributed by atoms with E-state index < -0.39 is 24.1 Å². The summed E-state index contributed by atoms with van der Waals surface area (Å²) in [7, 11) is -0.548. The van der Waals surface area contributed by atoms with Gasteiger partial charge in [0.25, 0.3) is 0 Å². The van der Waals surface area contributed by atoms with Gasteiger partial charge < -0.3 is 19.8 Å². The topological polar surface area (TPSA) is 53.7 Å². The predicted octanol–water partition coefficient (Wildman–Crippen LogP) is 3.50. The smallest absolute Gasteiger partial charge is 0.456 e. The Kier molecular flexibility index (Phi) is 4.05. The molecule has 126 valence electrons. The fraction of sp³-hybridized carbons (Fsp3) is 0.333. The zero-order valence-electron chi connectivity index (χ0n) is 14.3. The molecule has 6 heteroatoms. The molecule has 1 fully saturated rings. The minimum absolute atomic E-state index is 0.235. The number of halogens is 1. The summed E-state index contributed by atoms with van der Waals surface area (Å²) in [6, 6.07) is 11.5. The van der Waals surface area contributed by atoms with E-state index in [1.807, 2.05) is 52.0 Å². The molecule has 1 saturated heterocycles. The van der Waals surface area contributed by atoms with Crippen LogP contribution in [0.15, 0.2) is 42.5 Å². The Morgan fingerprint density at radius 2 is 1.58 bits per heavy atom. The van der Waals surface area contributed by atoms with Crippen molar-refractivity contribution >= 4 is 18.3 Å². The van der Waals surface area contributed by atoms with Gasteiger partial charge in [-0.2, -0.15) is 0 Å². The Balaban J connectivity index is 1.92. The second-order valence-electron chi connectivity index (χ2n) is 6.91. The molecule has 0 spiro atoms. The van der Waals surface area contributed by atoms with Crippen LogP contribution >= 0.6 is 0 Å². The highest BCUT2D eigenvalue weighted by Gasteiger charge is 2.52. The molecule has 0 bridgehead atoms. The van der Waals surface area contributed by atoms with Crippen molar-refractivity contribution < 1.29 is 18.4 Å². The van der Waals surface area contributed by atoms with E-state index in [2.05, 4.69) is 0 Å². The van der Waals surface area contributed by atoms with E-state index in [0.29, 0.717) is 11.5 Å². The van der Waals surface area contributed by atoms with Crippen molar-refractivity contribution in [3.8, 4) is 11.5 Å². The second kappa shape index (κ2) is 5.79. The van der Waals surface area contributed by atoms with E-state index in [4.69, 9.17) is 19.8 Å². The summed E-state index contributed by atoms with van der Waals surface area (Å²) >= 11 is 0. The molecule has 1 heterocycles. The maximum atomic E-state index is 13.2. The van der Waals surface area contributed by atoms with Gasteiger partial charge in [-0.25, -0.2) is 4.39 Å². The Hall–Kier alpha value is -2.05. The first-order valence-electron chi connectivity index (χ1n) is 7.87. The molecule has 1 aliphatic heterocycles. The lowest BCUT2D eigenvalue weighted by Gasteiger charge is -2.32. The number of para-hydroxylation sites is 1. The molecule has 0 aromatic heterocycles. The number of nitrogen functional groups attached to an aromatic ring is 1. The molecule has 0 atom stereocenters. The third kappa shape index (κ3) is 2.99. The monoisotopic (exact) mass is 329 g/mol. The zero-order valence-corrected chi connectivity index (χ0v) is 14.3. The van der Waals surface area contributed by atoms with E-state index in [1.165, 1.54) is 18.2 Å². The van der Waals surface area contributed by atoms with Gasteiger partial charge in [-0.15, -0.1) is 0 Å². The molecule has 2 aromatic rings. The first-order chi connectivity index (χ1) is 11.2. The van der Waals surface area contributed by atoms with Gasteiger partial charge in [0.2, 0.25) is 0 Å². The van der Waals surface area contributed by atoms with Gasteiger partial charge in [-0.3, -0.25) is 0 Å². The predicted molar refractivity (Wildman–Crippen MR) is 93.0 cm³/mol. The lowest BCUT2D eigenvalue weighted by molar-refractivity contribution is 0.00578. The number of hydrogen-bond donors (Lipinski definition) is 1. The quantitative estimate of drug-likeness (QED) is 0.692. The van der Waals surface area contributed by atoms with Crippen LogP contribution < -0.4 is 15.9 Å². The van der Waals surface area contributed by atoms with Crippen LogP contribution in [0.1, 0.15) is 27.7 Å². The summed E-state index contributed by atoms with van der Waals surface area (Å²) in [5.41, 5.74) is 5.94. The highest BCUT2D eigenvalue weighted by Crippen LogP contribution is 2.37. The summed E-state index contributed by atoms with van der Waals surface area (Å²) in [5.74, 6) is 0.550. The van der Waals surface area contributed by atoms with Gasteiger partial charge in [-0.1, -0.05) is 18.2 Å². The molecule has 3 rings (SSSR count). The third-order valence-corrected chi connectivity index (χ3v) is 4.62. The summed E-state index contributed by atoms with van der Waals surface area (Å²) in [5, 5.41) is 0. The van der Waals surface area contributed by atoms with E-state index in [1.54, 1.807) is 0 Å². The van der Waals surface area contributed by atoms with Crippen molar-refractivity contribution in [2.75, 3.05) is 5.73 Å². The Morgan fingerprint density at radius 1 is 0.958 bits per heavy atom. The Morgan fingerprint density at radius 3 is 2.21 bits per heavy atom. The van der Waals surface area contributed by atoms with Gasteiger partial charge in [0.1, 0.15) is 17.3 Å². The lowest BCUT2D eigenvalue weighted by Crippen LogP contribution is -2.41. The van der Waals surface area contributed by atoms with Gasteiger partial charge in [0.15, 0.2) is 0 Å². The van der Waals surface area contributed by atoms with Gasteiger partial charge in [0.05, 0.1) is 16.9 Å². The van der Waals surface area contributed by atoms with E-state index >= 15 is 0 Å². The van der Waals surface area contributed by atoms with E-state index in [-0.39, 0.29) is 5.69 Å². The van der Waals surface area contributed by atoms with Gasteiger partial charge in [-0.05, 0) is 45.9 Å². The van der Waals surface area contributed by atoms with Gasteiger partial charge >= 0.3 is 7.12 Å². The average molecular weight is 329 g/mol. The highest BCUT2D eigenvalue weighted by atomic mass is 19.1. The van der Waals surface area contributed by atoms with Crippen LogP contribution in [-0.2, 0) is 9.31 Å². The summed E-state index contributed by atoms with van der Waals surface area (Å²) in [4.78, 5) is 0. The number of rotatable bonds is 3. The standard InChI is InChI=1S/C18H21BFNO3/c1-17(2)18(3,4)24-19(23-17)13-7-5-6-8-15(13)22-16-10-9-12(20)11-14(16)21/h5-11H,21H2,1-4H3. The largest absolute Gasteiger partial charge is 0.498 e. The molecule has 0 unspecified atom stereocenters. The number of ether oxygens (including phenoxy) is 1. The normalized spacial score (nSPS) is 18.6. The fourth-order valence-corrected chi connectivity index (χ4v) is 2.47. The Labute approximate surface area is 141 Å². The fourth-order valence-electron chi connectivity index (χ4n) is 2.47. The average Bonchev–Trinajstić information content (AvgIpc) is 2.71. The molecule has 2 aromatic carbocycles. The van der Waals surface area contributed by atoms with Crippen molar-refractivity contribution in [2.45, 2.75) is 38.9 Å². The number of anilines is 1. The molecule has 0 amide bonds. The SMILES string of the molecule is CC1(C)OB(c2ccccc2Oc2ccc(F)cc2N)OC1(C)C. The minimum atomic E-state index is -0.548. The van der Waals surface area contributed by atoms with Crippen molar-refractivity contribution in [1.82, 2.24) is 0 Å². The van der Waals surface area contributed by atoms with Crippen molar-refractivity contribution in [3.63, 3.8) is 0 Å². The molecular weight excluding hydrogens is 308 g/mol. The first kappa shape index (κ1) is 16.8. The third-order valence-electron chi connectivity index (χ3n) is 4.62. The first-order valence-corrected chi connectivity index (χ1v) is 7.87. The molecule has 0 aliphatic carbocycles. The zero-order chi connectivity index (χ0) is 17.5. The molecule has 0 radical (unpaired) electrons. The molecule has 0 saturated carbocycles. The van der Waals surface area contributed by atoms with Crippen LogP contribution in [0.4, 0.5) is 10.1 Å². The molecule has 24 heavy (non-hydrogen) atoms. The van der Waals surface area contributed by atoms with Crippen molar-refractivity contribution in [2.24, 2.45) is 0 Å². The minimum Gasteiger partial charge on any atom is -0.456 e. The van der Waals surface area contributed by atoms with Crippen LogP contribution in [0.2, 0.25) is 0 Å². The molecule has 4 nitrogen and oxygen atoms in total. The van der Waals surface area contributed by atoms with Crippen LogP contribution in [0.5, 0.6) is 11.5 Å². The summed E-state index contributed by atoms with van der Waals surface area (Å²) < 4.78 is 31.3. The second-order valence-corrected chi connectivity index (χ2v) is 6.91. The highest BCUT2D eigenvalue weighted by molar-refractivity contribution is 6.63. The van der Waals surface area contributed by atoms with E-state index in [0.717, 1.165) is 5.46 Å². The lowest BCUT2D eigenvalue weighted by atomic mass is 9.78. The molecule has 1 aliphatic rings. The Bertz CT molecular complexity index is 748. The van der Waals surface area contributed by atoms with Gasteiger partial charge in [0, 0.05) is 11.5 Å². The maximum Gasteiger partial charge on any atom is 0.498 e. The van der Waals surface area contributed by atoms with Crippen molar-refractivity contribution in [1.29, 1.82) is 0 Å². The van der Waals surface area contributed by atoms with Crippen LogP contribution in [0.3, 0.4) is 0 Å². The summed E-state index contributed by atoms with van der Waals surface area (Å²) in [6.07, 6.45) is 0. The number of hydrogen-bond acceptors (Lipinski definition) is 4. The molecule has 2 N–H and O–H groups in total. The van der Waals surface area contributed by atoms with Crippen molar-refractivity contribution in [3.05, 3.63) is 48.3 Å². The van der Waals surface area contributed by atoms with Crippen LogP contribution in [-0.4, -0.2) is 18.3 Å². The number of nitrogens with two attached hydrogens (primary N) is 1. The van der Waals surface area contributed by atoms with Crippen LogP contribution in [0, 0.1) is 5.82 Å². The maximum absolute atomic E-state index is 13.2. The summed E-state index contributed by atoms with van der Waals surface area (Å²) in [6.45, 7) is 7.98. The number of benzene rings is 2.